The summed E-state index contributed by atoms with van der Waals surface area (Å²) in [7, 11) is 3.18. The molecule has 3 unspecified atom stereocenters. The largest absolute Gasteiger partial charge is 0.493 e. The highest BCUT2D eigenvalue weighted by molar-refractivity contribution is 6.17. The number of methoxy groups -OCH3 is 2. The number of amides is 4. The minimum absolute atomic E-state index is 0.0406. The van der Waals surface area contributed by atoms with Crippen LogP contribution in [0.5, 0.6) is 11.5 Å². The van der Waals surface area contributed by atoms with E-state index in [0.717, 1.165) is 5.56 Å². The van der Waals surface area contributed by atoms with Gasteiger partial charge in [-0.15, -0.1) is 0 Å². The van der Waals surface area contributed by atoms with Crippen molar-refractivity contribution in [3.8, 4) is 11.5 Å². The average molecular weight is 452 g/mol. The standard InChI is InChI=1S/C25H29N3O5/c1-32-21-11-8-16(14-22(21)33-2)12-13-26-23(29)17-9-10-19-20(15-17)27-25(31)28(24(19)30)18-6-4-3-5-7-18/h3-8,11,14,17,19-20H,9-10,12-13,15H2,1-2H3,(H,26,29)(H,27,31). The lowest BCUT2D eigenvalue weighted by atomic mass is 9.76. The number of rotatable bonds is 7. The predicted octanol–water partition coefficient (Wildman–Crippen LogP) is 2.90. The molecular formula is C25H29N3O5. The lowest BCUT2D eigenvalue weighted by molar-refractivity contribution is -0.130. The van der Waals surface area contributed by atoms with Crippen LogP contribution < -0.4 is 25.0 Å². The van der Waals surface area contributed by atoms with E-state index >= 15 is 0 Å². The molecule has 0 spiro atoms. The minimum Gasteiger partial charge on any atom is -0.493 e. The van der Waals surface area contributed by atoms with Gasteiger partial charge in [-0.2, -0.15) is 0 Å². The van der Waals surface area contributed by atoms with E-state index in [4.69, 9.17) is 9.47 Å². The number of hydrogen-bond acceptors (Lipinski definition) is 5. The van der Waals surface area contributed by atoms with E-state index in [2.05, 4.69) is 10.6 Å². The number of fused-ring (bicyclic) bond motifs is 1. The molecule has 8 heteroatoms. The second-order valence-corrected chi connectivity index (χ2v) is 8.41. The third-order valence-corrected chi connectivity index (χ3v) is 6.45. The Morgan fingerprint density at radius 2 is 1.82 bits per heavy atom. The average Bonchev–Trinajstić information content (AvgIpc) is 2.84. The molecule has 174 valence electrons. The van der Waals surface area contributed by atoms with Crippen LogP contribution in [0.25, 0.3) is 0 Å². The highest BCUT2D eigenvalue weighted by atomic mass is 16.5. The molecule has 1 saturated heterocycles. The van der Waals surface area contributed by atoms with Crippen molar-refractivity contribution in [1.29, 1.82) is 0 Å². The summed E-state index contributed by atoms with van der Waals surface area (Å²) in [6.07, 6.45) is 2.31. The number of urea groups is 1. The molecular weight excluding hydrogens is 422 g/mol. The first-order valence-electron chi connectivity index (χ1n) is 11.2. The molecule has 4 amide bonds. The normalized spacial score (nSPS) is 22.2. The Morgan fingerprint density at radius 3 is 2.55 bits per heavy atom. The van der Waals surface area contributed by atoms with Gasteiger partial charge in [0.15, 0.2) is 11.5 Å². The van der Waals surface area contributed by atoms with Crippen molar-refractivity contribution in [3.05, 3.63) is 54.1 Å². The first kappa shape index (κ1) is 22.6. The second-order valence-electron chi connectivity index (χ2n) is 8.41. The van der Waals surface area contributed by atoms with Crippen molar-refractivity contribution >= 4 is 23.5 Å². The number of nitrogens with one attached hydrogen (secondary N) is 2. The molecule has 3 atom stereocenters. The molecule has 1 saturated carbocycles. The van der Waals surface area contributed by atoms with Crippen molar-refractivity contribution in [2.24, 2.45) is 11.8 Å². The highest BCUT2D eigenvalue weighted by Crippen LogP contribution is 2.34. The zero-order chi connectivity index (χ0) is 23.4. The summed E-state index contributed by atoms with van der Waals surface area (Å²) in [5.74, 6) is 0.550. The fourth-order valence-corrected chi connectivity index (χ4v) is 4.68. The van der Waals surface area contributed by atoms with E-state index in [1.54, 1.807) is 38.5 Å². The van der Waals surface area contributed by atoms with E-state index in [-0.39, 0.29) is 29.7 Å². The molecule has 0 bridgehead atoms. The van der Waals surface area contributed by atoms with Gasteiger partial charge in [-0.05, 0) is 55.5 Å². The molecule has 1 aliphatic carbocycles. The van der Waals surface area contributed by atoms with Crippen LogP contribution in [0.3, 0.4) is 0 Å². The number of para-hydroxylation sites is 1. The quantitative estimate of drug-likeness (QED) is 0.675. The Kier molecular flexibility index (Phi) is 6.82. The topological polar surface area (TPSA) is 97.0 Å². The minimum atomic E-state index is -0.429. The van der Waals surface area contributed by atoms with Crippen molar-refractivity contribution in [1.82, 2.24) is 10.6 Å². The first-order chi connectivity index (χ1) is 16.0. The predicted molar refractivity (Wildman–Crippen MR) is 123 cm³/mol. The van der Waals surface area contributed by atoms with E-state index in [9.17, 15) is 14.4 Å². The molecule has 2 aliphatic rings. The number of nitrogens with zero attached hydrogens (tertiary/aromatic N) is 1. The first-order valence-corrected chi connectivity index (χ1v) is 11.2. The van der Waals surface area contributed by atoms with E-state index in [1.165, 1.54) is 4.90 Å². The number of carbonyl (C=O) groups excluding carboxylic acids is 3. The van der Waals surface area contributed by atoms with Gasteiger partial charge in [0.05, 0.1) is 25.8 Å². The number of benzene rings is 2. The van der Waals surface area contributed by atoms with Crippen molar-refractivity contribution in [2.45, 2.75) is 31.7 Å². The summed E-state index contributed by atoms with van der Waals surface area (Å²) in [5.41, 5.74) is 1.59. The Morgan fingerprint density at radius 1 is 1.06 bits per heavy atom. The smallest absolute Gasteiger partial charge is 0.328 e. The van der Waals surface area contributed by atoms with Crippen LogP contribution in [0.4, 0.5) is 10.5 Å². The van der Waals surface area contributed by atoms with Gasteiger partial charge >= 0.3 is 6.03 Å². The SMILES string of the molecule is COc1ccc(CCNC(=O)C2CCC3C(=O)N(c4ccccc4)C(=O)NC3C2)cc1OC. The Labute approximate surface area is 193 Å². The van der Waals surface area contributed by atoms with E-state index in [1.807, 2.05) is 24.3 Å². The maximum Gasteiger partial charge on any atom is 0.328 e. The fourth-order valence-electron chi connectivity index (χ4n) is 4.68. The maximum absolute atomic E-state index is 13.0. The summed E-state index contributed by atoms with van der Waals surface area (Å²) in [4.78, 5) is 39.6. The third kappa shape index (κ3) is 4.79. The van der Waals surface area contributed by atoms with Crippen LogP contribution >= 0.6 is 0 Å². The van der Waals surface area contributed by atoms with Gasteiger partial charge in [-0.3, -0.25) is 9.59 Å². The molecule has 33 heavy (non-hydrogen) atoms. The van der Waals surface area contributed by atoms with Gasteiger partial charge in [-0.1, -0.05) is 24.3 Å². The van der Waals surface area contributed by atoms with Crippen LogP contribution in [0.1, 0.15) is 24.8 Å². The molecule has 1 heterocycles. The Hall–Kier alpha value is -3.55. The lowest BCUT2D eigenvalue weighted by Crippen LogP contribution is -2.62. The second kappa shape index (κ2) is 9.94. The molecule has 2 N–H and O–H groups in total. The number of carbonyl (C=O) groups is 3. The Balaban J connectivity index is 1.31. The lowest BCUT2D eigenvalue weighted by Gasteiger charge is -2.41. The summed E-state index contributed by atoms with van der Waals surface area (Å²) < 4.78 is 10.6. The summed E-state index contributed by atoms with van der Waals surface area (Å²) in [6.45, 7) is 0.492. The monoisotopic (exact) mass is 451 g/mol. The fraction of sp³-hybridized carbons (Fsp3) is 0.400. The Bertz CT molecular complexity index is 1030. The zero-order valence-electron chi connectivity index (χ0n) is 18.9. The van der Waals surface area contributed by atoms with Gasteiger partial charge in [0.1, 0.15) is 0 Å². The number of ether oxygens (including phenoxy) is 2. The van der Waals surface area contributed by atoms with Gasteiger partial charge < -0.3 is 20.1 Å². The van der Waals surface area contributed by atoms with Gasteiger partial charge in [0.25, 0.3) is 0 Å². The molecule has 1 aliphatic heterocycles. The molecule has 2 fully saturated rings. The molecule has 2 aromatic rings. The van der Waals surface area contributed by atoms with Crippen LogP contribution in [0.15, 0.2) is 48.5 Å². The van der Waals surface area contributed by atoms with Crippen molar-refractivity contribution in [2.75, 3.05) is 25.7 Å². The molecule has 0 radical (unpaired) electrons. The maximum atomic E-state index is 13.0. The molecule has 8 nitrogen and oxygen atoms in total. The van der Waals surface area contributed by atoms with E-state index in [0.29, 0.717) is 49.4 Å². The van der Waals surface area contributed by atoms with Gasteiger partial charge in [0, 0.05) is 18.5 Å². The molecule has 2 aromatic carbocycles. The van der Waals surface area contributed by atoms with E-state index < -0.39 is 6.03 Å². The number of imide groups is 1. The summed E-state index contributed by atoms with van der Waals surface area (Å²) in [5, 5.41) is 5.95. The van der Waals surface area contributed by atoms with Gasteiger partial charge in [0.2, 0.25) is 11.8 Å². The molecule has 0 aromatic heterocycles. The third-order valence-electron chi connectivity index (χ3n) is 6.45. The molecule has 4 rings (SSSR count). The van der Waals surface area contributed by atoms with Crippen LogP contribution in [0, 0.1) is 11.8 Å². The zero-order valence-corrected chi connectivity index (χ0v) is 18.9. The number of hydrogen-bond donors (Lipinski definition) is 2. The van der Waals surface area contributed by atoms with Crippen LogP contribution in [-0.2, 0) is 16.0 Å². The highest BCUT2D eigenvalue weighted by Gasteiger charge is 2.45. The van der Waals surface area contributed by atoms with Crippen LogP contribution in [-0.4, -0.2) is 44.7 Å². The van der Waals surface area contributed by atoms with Crippen LogP contribution in [0.2, 0.25) is 0 Å². The summed E-state index contributed by atoms with van der Waals surface area (Å²) in [6, 6.07) is 13.9. The number of anilines is 1. The van der Waals surface area contributed by atoms with Crippen molar-refractivity contribution in [3.63, 3.8) is 0 Å². The van der Waals surface area contributed by atoms with Gasteiger partial charge in [-0.25, -0.2) is 9.69 Å². The van der Waals surface area contributed by atoms with Crippen molar-refractivity contribution < 1.29 is 23.9 Å². The summed E-state index contributed by atoms with van der Waals surface area (Å²) >= 11 is 0.